The first kappa shape index (κ1) is 16.3. The third kappa shape index (κ3) is 3.87. The molecule has 1 aliphatic carbocycles. The molecule has 1 amide bonds. The van der Waals surface area contributed by atoms with Gasteiger partial charge in [-0.05, 0) is 37.8 Å². The number of hydrogen-bond acceptors (Lipinski definition) is 5. The molecule has 0 radical (unpaired) electrons. The Bertz CT molecular complexity index is 716. The lowest BCUT2D eigenvalue weighted by Crippen LogP contribution is -2.35. The van der Waals surface area contributed by atoms with E-state index in [1.165, 1.54) is 29.3 Å². The number of thioether (sulfide) groups is 1. The highest BCUT2D eigenvalue weighted by atomic mass is 79.9. The maximum atomic E-state index is 12.0. The first-order valence-electron chi connectivity index (χ1n) is 7.44. The lowest BCUT2D eigenvalue weighted by molar-refractivity contribution is -0.119. The summed E-state index contributed by atoms with van der Waals surface area (Å²) >= 11 is 4.77. The molecular formula is C15H18BrN5OS. The summed E-state index contributed by atoms with van der Waals surface area (Å²) in [5.74, 6) is 7.55. The van der Waals surface area contributed by atoms with E-state index in [9.17, 15) is 4.79 Å². The van der Waals surface area contributed by atoms with Gasteiger partial charge in [0.25, 0.3) is 0 Å². The number of amides is 1. The molecule has 0 spiro atoms. The van der Waals surface area contributed by atoms with Crippen molar-refractivity contribution in [2.24, 2.45) is 5.92 Å². The molecule has 0 bridgehead atoms. The van der Waals surface area contributed by atoms with Gasteiger partial charge in [-0.3, -0.25) is 4.79 Å². The number of nitrogens with zero attached hydrogens (tertiary/aromatic N) is 3. The fourth-order valence-corrected chi connectivity index (χ4v) is 3.47. The van der Waals surface area contributed by atoms with E-state index in [1.807, 2.05) is 24.3 Å². The van der Waals surface area contributed by atoms with E-state index in [4.69, 9.17) is 5.84 Å². The summed E-state index contributed by atoms with van der Waals surface area (Å²) in [5, 5.41) is 11.7. The van der Waals surface area contributed by atoms with Gasteiger partial charge in [-0.15, -0.1) is 10.2 Å². The predicted octanol–water partition coefficient (Wildman–Crippen LogP) is 2.43. The predicted molar refractivity (Wildman–Crippen MR) is 94.4 cm³/mol. The zero-order valence-electron chi connectivity index (χ0n) is 12.7. The second kappa shape index (κ2) is 6.92. The number of benzene rings is 1. The molecule has 1 aromatic carbocycles. The molecule has 1 atom stereocenters. The fourth-order valence-electron chi connectivity index (χ4n) is 2.34. The average Bonchev–Trinajstić information content (AvgIpc) is 3.31. The van der Waals surface area contributed by atoms with Crippen molar-refractivity contribution in [3.05, 3.63) is 28.7 Å². The highest BCUT2D eigenvalue weighted by Crippen LogP contribution is 2.32. The quantitative estimate of drug-likeness (QED) is 0.579. The van der Waals surface area contributed by atoms with Crippen LogP contribution >= 0.6 is 27.7 Å². The Balaban J connectivity index is 1.63. The molecular weight excluding hydrogens is 378 g/mol. The third-order valence-corrected chi connectivity index (χ3v) is 5.46. The Kier molecular flexibility index (Phi) is 4.91. The fraction of sp³-hybridized carbons (Fsp3) is 0.400. The number of nitrogens with two attached hydrogens (primary N) is 1. The monoisotopic (exact) mass is 395 g/mol. The van der Waals surface area contributed by atoms with Crippen LogP contribution < -0.4 is 11.2 Å². The first-order valence-corrected chi connectivity index (χ1v) is 9.21. The van der Waals surface area contributed by atoms with Crippen molar-refractivity contribution >= 4 is 33.6 Å². The molecule has 1 aromatic heterocycles. The van der Waals surface area contributed by atoms with Crippen molar-refractivity contribution in [3.63, 3.8) is 0 Å². The Morgan fingerprint density at radius 2 is 2.22 bits per heavy atom. The average molecular weight is 396 g/mol. The number of rotatable bonds is 6. The van der Waals surface area contributed by atoms with Crippen LogP contribution in [0.3, 0.4) is 0 Å². The van der Waals surface area contributed by atoms with Crippen LogP contribution in [0.2, 0.25) is 0 Å². The second-order valence-electron chi connectivity index (χ2n) is 5.64. The smallest absolute Gasteiger partial charge is 0.230 e. The van der Waals surface area contributed by atoms with E-state index in [2.05, 4.69) is 38.4 Å². The van der Waals surface area contributed by atoms with Crippen LogP contribution in [-0.4, -0.2) is 32.6 Å². The molecule has 1 unspecified atom stereocenters. The topological polar surface area (TPSA) is 85.8 Å². The first-order chi connectivity index (χ1) is 11.1. The molecule has 1 heterocycles. The maximum Gasteiger partial charge on any atom is 0.230 e. The summed E-state index contributed by atoms with van der Waals surface area (Å²) in [5.41, 5.74) is 0.862. The molecule has 1 saturated carbocycles. The van der Waals surface area contributed by atoms with Crippen molar-refractivity contribution in [3.8, 4) is 11.4 Å². The highest BCUT2D eigenvalue weighted by Gasteiger charge is 2.28. The number of nitrogen functional groups attached to an aromatic ring is 1. The normalized spacial score (nSPS) is 15.4. The molecule has 23 heavy (non-hydrogen) atoms. The van der Waals surface area contributed by atoms with Crippen LogP contribution in [0.5, 0.6) is 0 Å². The van der Waals surface area contributed by atoms with Gasteiger partial charge in [0.15, 0.2) is 5.82 Å². The van der Waals surface area contributed by atoms with E-state index >= 15 is 0 Å². The Morgan fingerprint density at radius 1 is 1.48 bits per heavy atom. The summed E-state index contributed by atoms with van der Waals surface area (Å²) < 4.78 is 2.31. The van der Waals surface area contributed by atoms with Crippen molar-refractivity contribution in [1.82, 2.24) is 20.2 Å². The van der Waals surface area contributed by atoms with Crippen LogP contribution in [0.15, 0.2) is 33.9 Å². The van der Waals surface area contributed by atoms with Crippen molar-refractivity contribution in [1.29, 1.82) is 0 Å². The molecule has 0 aliphatic heterocycles. The van der Waals surface area contributed by atoms with E-state index in [-0.39, 0.29) is 17.7 Å². The Hall–Kier alpha value is -1.54. The van der Waals surface area contributed by atoms with Gasteiger partial charge in [0.05, 0.1) is 5.75 Å². The number of nitrogens with one attached hydrogen (secondary N) is 1. The van der Waals surface area contributed by atoms with Crippen LogP contribution in [0.1, 0.15) is 19.8 Å². The number of carbonyl (C=O) groups excluding carboxylic acids is 1. The van der Waals surface area contributed by atoms with Gasteiger partial charge in [0.2, 0.25) is 11.1 Å². The lowest BCUT2D eigenvalue weighted by Gasteiger charge is -2.12. The second-order valence-corrected chi connectivity index (χ2v) is 7.44. The van der Waals surface area contributed by atoms with Gasteiger partial charge in [0, 0.05) is 16.1 Å². The molecule has 1 aliphatic rings. The van der Waals surface area contributed by atoms with Crippen LogP contribution in [0.4, 0.5) is 0 Å². The SMILES string of the molecule is CC(NC(=O)CSc1nnc(-c2ccccc2Br)n1N)C1CC1. The largest absolute Gasteiger partial charge is 0.353 e. The summed E-state index contributed by atoms with van der Waals surface area (Å²) in [6.45, 7) is 2.05. The van der Waals surface area contributed by atoms with Crippen LogP contribution in [-0.2, 0) is 4.79 Å². The van der Waals surface area contributed by atoms with E-state index < -0.39 is 0 Å². The number of carbonyl (C=O) groups is 1. The summed E-state index contributed by atoms with van der Waals surface area (Å²) in [6, 6.07) is 7.91. The molecule has 6 nitrogen and oxygen atoms in total. The van der Waals surface area contributed by atoms with Crippen LogP contribution in [0, 0.1) is 5.92 Å². The minimum atomic E-state index is -0.000147. The summed E-state index contributed by atoms with van der Waals surface area (Å²) in [4.78, 5) is 12.0. The molecule has 3 rings (SSSR count). The minimum Gasteiger partial charge on any atom is -0.353 e. The molecule has 122 valence electrons. The van der Waals surface area contributed by atoms with Gasteiger partial charge in [-0.1, -0.05) is 39.8 Å². The van der Waals surface area contributed by atoms with Gasteiger partial charge < -0.3 is 11.2 Å². The molecule has 8 heteroatoms. The lowest BCUT2D eigenvalue weighted by atomic mass is 10.2. The van der Waals surface area contributed by atoms with Gasteiger partial charge in [0.1, 0.15) is 0 Å². The number of aromatic nitrogens is 3. The van der Waals surface area contributed by atoms with E-state index in [1.54, 1.807) is 0 Å². The molecule has 0 saturated heterocycles. The van der Waals surface area contributed by atoms with Gasteiger partial charge in [-0.2, -0.15) is 0 Å². The zero-order chi connectivity index (χ0) is 16.4. The van der Waals surface area contributed by atoms with Crippen LogP contribution in [0.25, 0.3) is 11.4 Å². The molecule has 2 aromatic rings. The Labute approximate surface area is 147 Å². The maximum absolute atomic E-state index is 12.0. The van der Waals surface area contributed by atoms with Crippen molar-refractivity contribution < 1.29 is 4.79 Å². The van der Waals surface area contributed by atoms with Crippen molar-refractivity contribution in [2.75, 3.05) is 11.6 Å². The number of hydrogen-bond donors (Lipinski definition) is 2. The Morgan fingerprint density at radius 3 is 2.91 bits per heavy atom. The standard InChI is InChI=1S/C15H18BrN5OS/c1-9(10-6-7-10)18-13(22)8-23-15-20-19-14(21(15)17)11-4-2-3-5-12(11)16/h2-5,9-10H,6-8,17H2,1H3,(H,18,22). The van der Waals surface area contributed by atoms with Gasteiger partial charge >= 0.3 is 0 Å². The summed E-state index contributed by atoms with van der Waals surface area (Å²) in [6.07, 6.45) is 2.42. The molecule has 3 N–H and O–H groups in total. The minimum absolute atomic E-state index is 0.000147. The third-order valence-electron chi connectivity index (χ3n) is 3.83. The zero-order valence-corrected chi connectivity index (χ0v) is 15.1. The molecule has 1 fully saturated rings. The highest BCUT2D eigenvalue weighted by molar-refractivity contribution is 9.10. The van der Waals surface area contributed by atoms with E-state index in [0.29, 0.717) is 16.9 Å². The van der Waals surface area contributed by atoms with Gasteiger partial charge in [-0.25, -0.2) is 4.68 Å². The summed E-state index contributed by atoms with van der Waals surface area (Å²) in [7, 11) is 0. The van der Waals surface area contributed by atoms with E-state index in [0.717, 1.165) is 10.0 Å². The number of halogens is 1. The van der Waals surface area contributed by atoms with Crippen molar-refractivity contribution in [2.45, 2.75) is 31.0 Å².